The maximum Gasteiger partial charge on any atom is 0.251 e. The monoisotopic (exact) mass is 487 g/mol. The molecule has 2 aliphatic rings. The van der Waals surface area contributed by atoms with E-state index in [0.29, 0.717) is 44.8 Å². The van der Waals surface area contributed by atoms with Crippen LogP contribution in [0, 0.1) is 0 Å². The Balaban J connectivity index is 1.18. The third kappa shape index (κ3) is 5.77. The zero-order valence-corrected chi connectivity index (χ0v) is 18.9. The van der Waals surface area contributed by atoms with Crippen LogP contribution in [0.2, 0.25) is 0 Å². The van der Waals surface area contributed by atoms with Gasteiger partial charge in [0.15, 0.2) is 11.5 Å². The van der Waals surface area contributed by atoms with Crippen molar-refractivity contribution in [1.82, 2.24) is 15.1 Å². The zero-order chi connectivity index (χ0) is 21.6. The van der Waals surface area contributed by atoms with E-state index in [4.69, 9.17) is 9.47 Å². The SMILES string of the molecule is O=C(NCCC(=O)N1CCN(Cc2ccc3c(c2)OCCO3)CC1)c1ccc(Br)cc1. The molecule has 1 saturated heterocycles. The van der Waals surface area contributed by atoms with Crippen LogP contribution in [0.4, 0.5) is 0 Å². The average Bonchev–Trinajstić information content (AvgIpc) is 2.80. The molecule has 0 atom stereocenters. The zero-order valence-electron chi connectivity index (χ0n) is 17.3. The summed E-state index contributed by atoms with van der Waals surface area (Å²) in [5, 5.41) is 2.82. The van der Waals surface area contributed by atoms with Crippen molar-refractivity contribution >= 4 is 27.7 Å². The molecule has 4 rings (SSSR count). The average molecular weight is 488 g/mol. The summed E-state index contributed by atoms with van der Waals surface area (Å²) in [6, 6.07) is 13.2. The molecule has 0 aromatic heterocycles. The fourth-order valence-electron chi connectivity index (χ4n) is 3.74. The number of nitrogens with one attached hydrogen (secondary N) is 1. The summed E-state index contributed by atoms with van der Waals surface area (Å²) in [6.07, 6.45) is 0.310. The lowest BCUT2D eigenvalue weighted by atomic mass is 10.1. The Bertz CT molecular complexity index is 927. The number of piperazine rings is 1. The molecule has 0 aliphatic carbocycles. The molecule has 2 aromatic carbocycles. The standard InChI is InChI=1S/C23H26BrN3O4/c24-19-4-2-18(3-5-19)23(29)25-8-7-22(28)27-11-9-26(10-12-27)16-17-1-6-20-21(15-17)31-14-13-30-20/h1-6,15H,7-14,16H2,(H,25,29). The number of benzene rings is 2. The summed E-state index contributed by atoms with van der Waals surface area (Å²) < 4.78 is 12.2. The second-order valence-corrected chi connectivity index (χ2v) is 8.56. The van der Waals surface area contributed by atoms with Gasteiger partial charge in [0.2, 0.25) is 5.91 Å². The topological polar surface area (TPSA) is 71.1 Å². The van der Waals surface area contributed by atoms with Crippen molar-refractivity contribution in [2.45, 2.75) is 13.0 Å². The Hall–Kier alpha value is -2.58. The highest BCUT2D eigenvalue weighted by molar-refractivity contribution is 9.10. The van der Waals surface area contributed by atoms with Crippen LogP contribution in [-0.2, 0) is 11.3 Å². The van der Waals surface area contributed by atoms with Crippen LogP contribution >= 0.6 is 15.9 Å². The van der Waals surface area contributed by atoms with E-state index < -0.39 is 0 Å². The molecule has 7 nitrogen and oxygen atoms in total. The van der Waals surface area contributed by atoms with Gasteiger partial charge >= 0.3 is 0 Å². The lowest BCUT2D eigenvalue weighted by molar-refractivity contribution is -0.132. The van der Waals surface area contributed by atoms with E-state index in [2.05, 4.69) is 32.2 Å². The Morgan fingerprint density at radius 2 is 1.65 bits per heavy atom. The third-order valence-corrected chi connectivity index (χ3v) is 6.00. The molecular formula is C23H26BrN3O4. The molecule has 0 spiro atoms. The first kappa shape index (κ1) is 21.6. The van der Waals surface area contributed by atoms with Crippen LogP contribution in [0.25, 0.3) is 0 Å². The number of hydrogen-bond donors (Lipinski definition) is 1. The minimum Gasteiger partial charge on any atom is -0.486 e. The first-order valence-corrected chi connectivity index (χ1v) is 11.3. The first-order valence-electron chi connectivity index (χ1n) is 10.5. The molecule has 1 fully saturated rings. The van der Waals surface area contributed by atoms with Crippen LogP contribution < -0.4 is 14.8 Å². The smallest absolute Gasteiger partial charge is 0.251 e. The Morgan fingerprint density at radius 1 is 0.935 bits per heavy atom. The quantitative estimate of drug-likeness (QED) is 0.678. The van der Waals surface area contributed by atoms with Gasteiger partial charge in [-0.25, -0.2) is 0 Å². The molecule has 31 heavy (non-hydrogen) atoms. The van der Waals surface area contributed by atoms with Gasteiger partial charge in [-0.15, -0.1) is 0 Å². The molecule has 0 unspecified atom stereocenters. The van der Waals surface area contributed by atoms with Crippen molar-refractivity contribution in [3.05, 3.63) is 58.1 Å². The van der Waals surface area contributed by atoms with Crippen LogP contribution in [-0.4, -0.2) is 67.6 Å². The number of hydrogen-bond acceptors (Lipinski definition) is 5. The Labute approximate surface area is 190 Å². The second-order valence-electron chi connectivity index (χ2n) is 7.65. The fourth-order valence-corrected chi connectivity index (χ4v) is 4.01. The number of amides is 2. The van der Waals surface area contributed by atoms with Gasteiger partial charge in [-0.2, -0.15) is 0 Å². The summed E-state index contributed by atoms with van der Waals surface area (Å²) in [5.41, 5.74) is 1.77. The fraction of sp³-hybridized carbons (Fsp3) is 0.391. The predicted molar refractivity (Wildman–Crippen MR) is 120 cm³/mol. The van der Waals surface area contributed by atoms with E-state index in [1.807, 2.05) is 29.2 Å². The lowest BCUT2D eigenvalue weighted by Gasteiger charge is -2.35. The number of halogens is 1. The van der Waals surface area contributed by atoms with Gasteiger partial charge in [0, 0.05) is 55.7 Å². The summed E-state index contributed by atoms with van der Waals surface area (Å²) in [5.74, 6) is 1.53. The van der Waals surface area contributed by atoms with Gasteiger partial charge in [-0.05, 0) is 42.0 Å². The molecule has 2 amide bonds. The van der Waals surface area contributed by atoms with Crippen LogP contribution in [0.3, 0.4) is 0 Å². The maximum atomic E-state index is 12.5. The van der Waals surface area contributed by atoms with E-state index >= 15 is 0 Å². The number of nitrogens with zero attached hydrogens (tertiary/aromatic N) is 2. The number of carbonyl (C=O) groups is 2. The molecule has 8 heteroatoms. The van der Waals surface area contributed by atoms with Gasteiger partial charge in [0.1, 0.15) is 13.2 Å². The van der Waals surface area contributed by atoms with Crippen molar-refractivity contribution in [2.24, 2.45) is 0 Å². The van der Waals surface area contributed by atoms with Crippen LogP contribution in [0.15, 0.2) is 46.9 Å². The van der Waals surface area contributed by atoms with Crippen LogP contribution in [0.1, 0.15) is 22.3 Å². The summed E-state index contributed by atoms with van der Waals surface area (Å²) >= 11 is 3.35. The number of ether oxygens (including phenoxy) is 2. The highest BCUT2D eigenvalue weighted by Crippen LogP contribution is 2.31. The molecule has 2 heterocycles. The molecule has 0 saturated carbocycles. The van der Waals surface area contributed by atoms with Gasteiger partial charge in [-0.1, -0.05) is 22.0 Å². The number of rotatable bonds is 6. The predicted octanol–water partition coefficient (Wildman–Crippen LogP) is 2.68. The highest BCUT2D eigenvalue weighted by Gasteiger charge is 2.21. The van der Waals surface area contributed by atoms with Crippen molar-refractivity contribution in [3.8, 4) is 11.5 Å². The van der Waals surface area contributed by atoms with Crippen molar-refractivity contribution in [2.75, 3.05) is 45.9 Å². The largest absolute Gasteiger partial charge is 0.486 e. The van der Waals surface area contributed by atoms with Crippen LogP contribution in [0.5, 0.6) is 11.5 Å². The number of carbonyl (C=O) groups excluding carboxylic acids is 2. The van der Waals surface area contributed by atoms with Crippen molar-refractivity contribution < 1.29 is 19.1 Å². The molecule has 0 radical (unpaired) electrons. The molecule has 2 aliphatic heterocycles. The molecule has 2 aromatic rings. The maximum absolute atomic E-state index is 12.5. The van der Waals surface area contributed by atoms with E-state index in [1.54, 1.807) is 12.1 Å². The van der Waals surface area contributed by atoms with E-state index in [9.17, 15) is 9.59 Å². The number of fused-ring (bicyclic) bond motifs is 1. The Kier molecular flexibility index (Phi) is 7.09. The van der Waals surface area contributed by atoms with Gasteiger partial charge in [0.05, 0.1) is 0 Å². The van der Waals surface area contributed by atoms with Crippen molar-refractivity contribution in [3.63, 3.8) is 0 Å². The van der Waals surface area contributed by atoms with Gasteiger partial charge < -0.3 is 19.7 Å². The van der Waals surface area contributed by atoms with E-state index in [-0.39, 0.29) is 11.8 Å². The van der Waals surface area contributed by atoms with E-state index in [0.717, 1.165) is 35.6 Å². The molecule has 1 N–H and O–H groups in total. The Morgan fingerprint density at radius 3 is 2.39 bits per heavy atom. The van der Waals surface area contributed by atoms with E-state index in [1.165, 1.54) is 5.56 Å². The van der Waals surface area contributed by atoms with Gasteiger partial charge in [0.25, 0.3) is 5.91 Å². The minimum absolute atomic E-state index is 0.0788. The summed E-state index contributed by atoms with van der Waals surface area (Å²) in [4.78, 5) is 28.9. The van der Waals surface area contributed by atoms with Gasteiger partial charge in [-0.3, -0.25) is 14.5 Å². The summed E-state index contributed by atoms with van der Waals surface area (Å²) in [6.45, 7) is 5.38. The minimum atomic E-state index is -0.162. The molecular weight excluding hydrogens is 462 g/mol. The van der Waals surface area contributed by atoms with Crippen molar-refractivity contribution in [1.29, 1.82) is 0 Å². The molecule has 0 bridgehead atoms. The normalized spacial score (nSPS) is 16.1. The lowest BCUT2D eigenvalue weighted by Crippen LogP contribution is -2.48. The highest BCUT2D eigenvalue weighted by atomic mass is 79.9. The third-order valence-electron chi connectivity index (χ3n) is 5.47. The summed E-state index contributed by atoms with van der Waals surface area (Å²) in [7, 11) is 0. The molecule has 164 valence electrons. The first-order chi connectivity index (χ1) is 15.1. The second kappa shape index (κ2) is 10.2.